The molecule has 7 aliphatic rings. The zero-order valence-corrected chi connectivity index (χ0v) is 35.4. The molecule has 16 heteroatoms. The van der Waals surface area contributed by atoms with Crippen LogP contribution in [0.25, 0.3) is 0 Å². The topological polar surface area (TPSA) is 262 Å². The average molecular weight is 841 g/mol. The molecule has 0 spiro atoms. The van der Waals surface area contributed by atoms with E-state index in [-0.39, 0.29) is 35.2 Å². The zero-order chi connectivity index (χ0) is 43.4. The van der Waals surface area contributed by atoms with Gasteiger partial charge in [0.1, 0.15) is 42.7 Å². The Kier molecular flexibility index (Phi) is 11.9. The van der Waals surface area contributed by atoms with Gasteiger partial charge in [0.15, 0.2) is 12.4 Å². The molecule has 0 aromatic rings. The normalized spacial score (nSPS) is 54.7. The van der Waals surface area contributed by atoms with E-state index in [0.717, 1.165) is 19.1 Å². The van der Waals surface area contributed by atoms with Gasteiger partial charge < -0.3 is 69.6 Å². The van der Waals surface area contributed by atoms with Crippen LogP contribution in [-0.4, -0.2) is 151 Å². The number of rotatable bonds is 7. The molecule has 0 bridgehead atoms. The highest BCUT2D eigenvalue weighted by atomic mass is 16.7. The van der Waals surface area contributed by atoms with E-state index in [0.29, 0.717) is 51.4 Å². The standard InChI is InChI=1S/C43H68O16/c1-20-10-15-43(37(53)59-35-30(50)27(47)26(46)22(18-44)56-35)17-16-40(4)21(33(43)42(20,6)54)8-9-24-38(2)13-12-25(39(3,19-45)23(38)11-14-41(24,40)5)57-36-31(51)28(48)29(49)32(58-36)34(52)55-7/h8,20,22-33,35-36,44-51,54H,9-19H2,1-7H3. The van der Waals surface area contributed by atoms with Gasteiger partial charge in [0.2, 0.25) is 6.29 Å². The molecule has 0 aromatic carbocycles. The Morgan fingerprint density at radius 1 is 0.780 bits per heavy atom. The van der Waals surface area contributed by atoms with Gasteiger partial charge in [-0.1, -0.05) is 46.3 Å². The Balaban J connectivity index is 1.19. The number of ether oxygens (including phenoxy) is 5. The third-order valence-electron chi connectivity index (χ3n) is 17.9. The predicted molar refractivity (Wildman–Crippen MR) is 205 cm³/mol. The van der Waals surface area contributed by atoms with Crippen molar-refractivity contribution < 1.29 is 79.2 Å². The van der Waals surface area contributed by atoms with Gasteiger partial charge in [0, 0.05) is 11.3 Å². The number of methoxy groups -OCH3 is 1. The van der Waals surface area contributed by atoms with Gasteiger partial charge in [0.25, 0.3) is 0 Å². The number of fused-ring (bicyclic) bond motifs is 7. The summed E-state index contributed by atoms with van der Waals surface area (Å²) in [5.41, 5.74) is -3.42. The predicted octanol–water partition coefficient (Wildman–Crippen LogP) is 0.440. The Bertz CT molecular complexity index is 1640. The van der Waals surface area contributed by atoms with E-state index in [1.807, 2.05) is 13.8 Å². The van der Waals surface area contributed by atoms with Crippen LogP contribution >= 0.6 is 0 Å². The number of aliphatic hydroxyl groups excluding tert-OH is 8. The van der Waals surface area contributed by atoms with E-state index < -0.39 is 114 Å². The van der Waals surface area contributed by atoms with Gasteiger partial charge in [0.05, 0.1) is 37.4 Å². The Morgan fingerprint density at radius 3 is 2.08 bits per heavy atom. The summed E-state index contributed by atoms with van der Waals surface area (Å²) in [6.45, 7) is 11.7. The first-order chi connectivity index (χ1) is 27.5. The molecular formula is C43H68O16. The summed E-state index contributed by atoms with van der Waals surface area (Å²) < 4.78 is 28.4. The van der Waals surface area contributed by atoms with Gasteiger partial charge in [-0.3, -0.25) is 4.79 Å². The smallest absolute Gasteiger partial charge is 0.337 e. The van der Waals surface area contributed by atoms with Crippen molar-refractivity contribution in [2.24, 2.45) is 50.7 Å². The van der Waals surface area contributed by atoms with Crippen molar-refractivity contribution in [3.05, 3.63) is 11.6 Å². The van der Waals surface area contributed by atoms with Crippen LogP contribution < -0.4 is 0 Å². The monoisotopic (exact) mass is 840 g/mol. The van der Waals surface area contributed by atoms with Crippen LogP contribution in [0.3, 0.4) is 0 Å². The SMILES string of the molecule is COC(=O)C1OC(OC2CCC3(C)C(CCC4(C)C3CC=C3C5C(C(=O)OC6OC(CO)C(O)C(O)C6O)(CCC(C)C5(C)O)CCC34C)C2(C)CO)C(O)C(O)C1O. The quantitative estimate of drug-likeness (QED) is 0.0957. The first kappa shape index (κ1) is 45.2. The highest BCUT2D eigenvalue weighted by molar-refractivity contribution is 5.79. The maximum Gasteiger partial charge on any atom is 0.337 e. The number of aliphatic hydroxyl groups is 9. The minimum Gasteiger partial charge on any atom is -0.467 e. The molecule has 336 valence electrons. The second kappa shape index (κ2) is 15.5. The van der Waals surface area contributed by atoms with Crippen molar-refractivity contribution in [1.82, 2.24) is 0 Å². The molecule has 16 nitrogen and oxygen atoms in total. The van der Waals surface area contributed by atoms with Crippen molar-refractivity contribution in [1.29, 1.82) is 0 Å². The summed E-state index contributed by atoms with van der Waals surface area (Å²) >= 11 is 0. The fourth-order valence-electron chi connectivity index (χ4n) is 13.9. The lowest BCUT2D eigenvalue weighted by molar-refractivity contribution is -0.327. The molecule has 7 rings (SSSR count). The Labute approximate surface area is 345 Å². The molecule has 4 saturated carbocycles. The van der Waals surface area contributed by atoms with Crippen molar-refractivity contribution in [2.45, 2.75) is 172 Å². The van der Waals surface area contributed by atoms with E-state index in [9.17, 15) is 55.5 Å². The summed E-state index contributed by atoms with van der Waals surface area (Å²) in [4.78, 5) is 27.1. The third kappa shape index (κ3) is 6.43. The van der Waals surface area contributed by atoms with Crippen molar-refractivity contribution in [2.75, 3.05) is 20.3 Å². The molecule has 9 N–H and O–H groups in total. The summed E-state index contributed by atoms with van der Waals surface area (Å²) in [5.74, 6) is -2.33. The van der Waals surface area contributed by atoms with Gasteiger partial charge in [-0.2, -0.15) is 0 Å². The first-order valence-corrected chi connectivity index (χ1v) is 21.5. The van der Waals surface area contributed by atoms with Gasteiger partial charge in [-0.15, -0.1) is 0 Å². The van der Waals surface area contributed by atoms with Crippen molar-refractivity contribution in [3.8, 4) is 0 Å². The van der Waals surface area contributed by atoms with Crippen molar-refractivity contribution in [3.63, 3.8) is 0 Å². The third-order valence-corrected chi connectivity index (χ3v) is 17.9. The fraction of sp³-hybridized carbons (Fsp3) is 0.907. The molecule has 2 saturated heterocycles. The second-order valence-electron chi connectivity index (χ2n) is 20.4. The molecule has 59 heavy (non-hydrogen) atoms. The molecule has 2 aliphatic heterocycles. The van der Waals surface area contributed by atoms with Gasteiger partial charge >= 0.3 is 11.9 Å². The highest BCUT2D eigenvalue weighted by Gasteiger charge is 2.72. The lowest BCUT2D eigenvalue weighted by atomic mass is 9.33. The van der Waals surface area contributed by atoms with Crippen LogP contribution in [0.5, 0.6) is 0 Å². The molecule has 0 radical (unpaired) electrons. The molecule has 21 unspecified atom stereocenters. The average Bonchev–Trinajstić information content (AvgIpc) is 3.20. The molecule has 6 fully saturated rings. The highest BCUT2D eigenvalue weighted by Crippen LogP contribution is 2.76. The number of carbonyl (C=O) groups is 2. The Hall–Kier alpha value is -1.80. The number of hydrogen-bond donors (Lipinski definition) is 9. The van der Waals surface area contributed by atoms with E-state index in [4.69, 9.17) is 23.7 Å². The molecule has 21 atom stereocenters. The molecule has 5 aliphatic carbocycles. The summed E-state index contributed by atoms with van der Waals surface area (Å²) in [7, 11) is 1.13. The molecule has 0 amide bonds. The van der Waals surface area contributed by atoms with Crippen LogP contribution in [0.1, 0.15) is 99.3 Å². The van der Waals surface area contributed by atoms with E-state index >= 15 is 0 Å². The van der Waals surface area contributed by atoms with E-state index in [1.54, 1.807) is 6.92 Å². The van der Waals surface area contributed by atoms with Crippen LogP contribution in [0.15, 0.2) is 11.6 Å². The summed E-state index contributed by atoms with van der Waals surface area (Å²) in [6.07, 6.45) is -9.28. The lowest BCUT2D eigenvalue weighted by Crippen LogP contribution is -2.69. The van der Waals surface area contributed by atoms with E-state index in [2.05, 4.69) is 26.8 Å². The Morgan fingerprint density at radius 2 is 1.44 bits per heavy atom. The number of allylic oxidation sites excluding steroid dienone is 1. The maximum atomic E-state index is 14.7. The minimum absolute atomic E-state index is 0.0583. The largest absolute Gasteiger partial charge is 0.467 e. The molecule has 0 aromatic heterocycles. The second-order valence-corrected chi connectivity index (χ2v) is 20.4. The van der Waals surface area contributed by atoms with Crippen LogP contribution in [0.4, 0.5) is 0 Å². The minimum atomic E-state index is -1.76. The molecular weight excluding hydrogens is 772 g/mol. The van der Waals surface area contributed by atoms with Crippen molar-refractivity contribution >= 4 is 11.9 Å². The van der Waals surface area contributed by atoms with Gasteiger partial charge in [-0.25, -0.2) is 4.79 Å². The number of hydrogen-bond acceptors (Lipinski definition) is 16. The van der Waals surface area contributed by atoms with Crippen LogP contribution in [-0.2, 0) is 33.3 Å². The number of esters is 2. The number of carbonyl (C=O) groups excluding carboxylic acids is 2. The maximum absolute atomic E-state index is 14.7. The fourth-order valence-corrected chi connectivity index (χ4v) is 13.9. The van der Waals surface area contributed by atoms with Crippen LogP contribution in [0.2, 0.25) is 0 Å². The molecule has 2 heterocycles. The van der Waals surface area contributed by atoms with Crippen LogP contribution in [0, 0.1) is 50.7 Å². The van der Waals surface area contributed by atoms with E-state index in [1.165, 1.54) is 0 Å². The summed E-state index contributed by atoms with van der Waals surface area (Å²) in [5, 5.41) is 97.2. The zero-order valence-electron chi connectivity index (χ0n) is 35.4. The first-order valence-electron chi connectivity index (χ1n) is 21.5. The summed E-state index contributed by atoms with van der Waals surface area (Å²) in [6, 6.07) is 0. The van der Waals surface area contributed by atoms with Gasteiger partial charge in [-0.05, 0) is 98.7 Å². The lowest BCUT2D eigenvalue weighted by Gasteiger charge is -2.72.